The van der Waals surface area contributed by atoms with Gasteiger partial charge in [0.2, 0.25) is 0 Å². The third kappa shape index (κ3) is 1.85. The Labute approximate surface area is 114 Å². The third-order valence-corrected chi connectivity index (χ3v) is 3.95. The standard InChI is InChI=1S/C17H17Cl/c1-17(2,3)13-5-7-15-12(9-13)8-11-4-6-14(18)10-16(11)15/h4-7,9-10H,8H2,1-3H3. The van der Waals surface area contributed by atoms with Crippen LogP contribution in [0.15, 0.2) is 36.4 Å². The van der Waals surface area contributed by atoms with Crippen LogP contribution in [0.3, 0.4) is 0 Å². The third-order valence-electron chi connectivity index (χ3n) is 3.71. The fourth-order valence-electron chi connectivity index (χ4n) is 2.63. The van der Waals surface area contributed by atoms with Gasteiger partial charge in [0.25, 0.3) is 0 Å². The summed E-state index contributed by atoms with van der Waals surface area (Å²) in [4.78, 5) is 0. The molecular weight excluding hydrogens is 240 g/mol. The number of hydrogen-bond donors (Lipinski definition) is 0. The van der Waals surface area contributed by atoms with Gasteiger partial charge in [0.05, 0.1) is 0 Å². The Balaban J connectivity index is 2.13. The van der Waals surface area contributed by atoms with Crippen LogP contribution < -0.4 is 0 Å². The maximum absolute atomic E-state index is 6.09. The summed E-state index contributed by atoms with van der Waals surface area (Å²) in [5.74, 6) is 0. The van der Waals surface area contributed by atoms with Gasteiger partial charge >= 0.3 is 0 Å². The highest BCUT2D eigenvalue weighted by Crippen LogP contribution is 2.39. The van der Waals surface area contributed by atoms with Crippen LogP contribution in [-0.4, -0.2) is 0 Å². The average molecular weight is 257 g/mol. The minimum atomic E-state index is 0.210. The number of halogens is 1. The van der Waals surface area contributed by atoms with E-state index >= 15 is 0 Å². The van der Waals surface area contributed by atoms with Crippen LogP contribution in [0.4, 0.5) is 0 Å². The van der Waals surface area contributed by atoms with Crippen molar-refractivity contribution < 1.29 is 0 Å². The molecule has 0 amide bonds. The lowest BCUT2D eigenvalue weighted by molar-refractivity contribution is 0.590. The molecule has 18 heavy (non-hydrogen) atoms. The Bertz CT molecular complexity index is 618. The minimum absolute atomic E-state index is 0.210. The van der Waals surface area contributed by atoms with Crippen LogP contribution in [0.1, 0.15) is 37.5 Å². The zero-order valence-electron chi connectivity index (χ0n) is 11.0. The summed E-state index contributed by atoms with van der Waals surface area (Å²) >= 11 is 6.09. The van der Waals surface area contributed by atoms with Crippen LogP contribution in [0.25, 0.3) is 11.1 Å². The Morgan fingerprint density at radius 1 is 0.889 bits per heavy atom. The van der Waals surface area contributed by atoms with Crippen molar-refractivity contribution in [3.05, 3.63) is 58.1 Å². The number of fused-ring (bicyclic) bond motifs is 3. The van der Waals surface area contributed by atoms with E-state index in [1.54, 1.807) is 0 Å². The molecule has 0 radical (unpaired) electrons. The van der Waals surface area contributed by atoms with Gasteiger partial charge in [-0.25, -0.2) is 0 Å². The first-order valence-corrected chi connectivity index (χ1v) is 6.75. The van der Waals surface area contributed by atoms with Crippen LogP contribution in [0.2, 0.25) is 5.02 Å². The topological polar surface area (TPSA) is 0 Å². The van der Waals surface area contributed by atoms with Gasteiger partial charge in [-0.1, -0.05) is 56.6 Å². The van der Waals surface area contributed by atoms with E-state index in [-0.39, 0.29) is 5.41 Å². The first-order chi connectivity index (χ1) is 8.45. The van der Waals surface area contributed by atoms with Crippen molar-refractivity contribution in [3.63, 3.8) is 0 Å². The first-order valence-electron chi connectivity index (χ1n) is 6.37. The molecule has 0 heterocycles. The van der Waals surface area contributed by atoms with E-state index in [1.807, 2.05) is 6.07 Å². The molecular formula is C17H17Cl. The van der Waals surface area contributed by atoms with Gasteiger partial charge in [0, 0.05) is 5.02 Å². The number of rotatable bonds is 0. The van der Waals surface area contributed by atoms with Gasteiger partial charge < -0.3 is 0 Å². The summed E-state index contributed by atoms with van der Waals surface area (Å²) < 4.78 is 0. The lowest BCUT2D eigenvalue weighted by Gasteiger charge is -2.20. The molecule has 0 aliphatic heterocycles. The van der Waals surface area contributed by atoms with Crippen molar-refractivity contribution in [2.24, 2.45) is 0 Å². The van der Waals surface area contributed by atoms with E-state index in [0.717, 1.165) is 11.4 Å². The quantitative estimate of drug-likeness (QED) is 0.518. The highest BCUT2D eigenvalue weighted by atomic mass is 35.5. The summed E-state index contributed by atoms with van der Waals surface area (Å²) in [7, 11) is 0. The SMILES string of the molecule is CC(C)(C)c1ccc2c(c1)Cc1ccc(Cl)cc1-2. The molecule has 0 spiro atoms. The summed E-state index contributed by atoms with van der Waals surface area (Å²) in [6.07, 6.45) is 1.03. The van der Waals surface area contributed by atoms with E-state index in [4.69, 9.17) is 11.6 Å². The molecule has 92 valence electrons. The molecule has 0 nitrogen and oxygen atoms in total. The summed E-state index contributed by atoms with van der Waals surface area (Å²) in [5, 5.41) is 0.821. The lowest BCUT2D eigenvalue weighted by atomic mass is 9.85. The van der Waals surface area contributed by atoms with E-state index in [2.05, 4.69) is 51.1 Å². The minimum Gasteiger partial charge on any atom is -0.0843 e. The monoisotopic (exact) mass is 256 g/mol. The predicted molar refractivity (Wildman–Crippen MR) is 78.4 cm³/mol. The molecule has 0 unspecified atom stereocenters. The van der Waals surface area contributed by atoms with E-state index < -0.39 is 0 Å². The zero-order valence-corrected chi connectivity index (χ0v) is 11.8. The maximum Gasteiger partial charge on any atom is 0.0412 e. The van der Waals surface area contributed by atoms with E-state index in [0.29, 0.717) is 0 Å². The molecule has 2 aromatic rings. The summed E-state index contributed by atoms with van der Waals surface area (Å²) in [6.45, 7) is 6.77. The Kier molecular flexibility index (Phi) is 2.53. The first kappa shape index (κ1) is 11.8. The van der Waals surface area contributed by atoms with Crippen molar-refractivity contribution >= 4 is 11.6 Å². The van der Waals surface area contributed by atoms with Gasteiger partial charge in [0.1, 0.15) is 0 Å². The van der Waals surface area contributed by atoms with Gasteiger partial charge in [-0.15, -0.1) is 0 Å². The molecule has 1 aliphatic carbocycles. The highest BCUT2D eigenvalue weighted by molar-refractivity contribution is 6.31. The Hall–Kier alpha value is -1.27. The van der Waals surface area contributed by atoms with Crippen LogP contribution in [0, 0.1) is 0 Å². The average Bonchev–Trinajstić information content (AvgIpc) is 2.65. The molecule has 3 rings (SSSR count). The molecule has 0 bridgehead atoms. The Morgan fingerprint density at radius 3 is 2.39 bits per heavy atom. The molecule has 0 saturated carbocycles. The highest BCUT2D eigenvalue weighted by Gasteiger charge is 2.21. The predicted octanol–water partition coefficient (Wildman–Crippen LogP) is 5.21. The van der Waals surface area contributed by atoms with Crippen LogP contribution in [-0.2, 0) is 11.8 Å². The summed E-state index contributed by atoms with van der Waals surface area (Å²) in [5.41, 5.74) is 7.08. The van der Waals surface area contributed by atoms with Gasteiger partial charge in [0.15, 0.2) is 0 Å². The van der Waals surface area contributed by atoms with Crippen molar-refractivity contribution in [1.82, 2.24) is 0 Å². The van der Waals surface area contributed by atoms with Crippen LogP contribution >= 0.6 is 11.6 Å². The fraction of sp³-hybridized carbons (Fsp3) is 0.294. The normalized spacial score (nSPS) is 13.3. The molecule has 0 atom stereocenters. The van der Waals surface area contributed by atoms with Crippen molar-refractivity contribution in [2.45, 2.75) is 32.6 Å². The second-order valence-corrected chi connectivity index (χ2v) is 6.54. The molecule has 2 aromatic carbocycles. The molecule has 0 fully saturated rings. The maximum atomic E-state index is 6.09. The number of benzene rings is 2. The summed E-state index contributed by atoms with van der Waals surface area (Å²) in [6, 6.07) is 13.1. The van der Waals surface area contributed by atoms with Gasteiger partial charge in [-0.3, -0.25) is 0 Å². The molecule has 0 saturated heterocycles. The molecule has 1 aliphatic rings. The second-order valence-electron chi connectivity index (χ2n) is 6.10. The lowest BCUT2D eigenvalue weighted by Crippen LogP contribution is -2.11. The zero-order chi connectivity index (χ0) is 12.9. The van der Waals surface area contributed by atoms with E-state index in [1.165, 1.54) is 27.8 Å². The van der Waals surface area contributed by atoms with E-state index in [9.17, 15) is 0 Å². The largest absolute Gasteiger partial charge is 0.0843 e. The van der Waals surface area contributed by atoms with Gasteiger partial charge in [-0.05, 0) is 51.8 Å². The Morgan fingerprint density at radius 2 is 1.67 bits per heavy atom. The van der Waals surface area contributed by atoms with Crippen molar-refractivity contribution in [2.75, 3.05) is 0 Å². The number of hydrogen-bond acceptors (Lipinski definition) is 0. The second kappa shape index (κ2) is 3.86. The molecule has 0 N–H and O–H groups in total. The molecule has 1 heteroatoms. The van der Waals surface area contributed by atoms with Crippen molar-refractivity contribution in [3.8, 4) is 11.1 Å². The smallest absolute Gasteiger partial charge is 0.0412 e. The van der Waals surface area contributed by atoms with Crippen molar-refractivity contribution in [1.29, 1.82) is 0 Å². The van der Waals surface area contributed by atoms with Gasteiger partial charge in [-0.2, -0.15) is 0 Å². The fourth-order valence-corrected chi connectivity index (χ4v) is 2.80. The van der Waals surface area contributed by atoms with Crippen LogP contribution in [0.5, 0.6) is 0 Å². The molecule has 0 aromatic heterocycles.